The average Bonchev–Trinajstić information content (AvgIpc) is 2.32. The number of hydrazine groups is 1. The van der Waals surface area contributed by atoms with Crippen molar-refractivity contribution in [2.45, 2.75) is 19.3 Å². The maximum atomic E-state index is 3.40. The van der Waals surface area contributed by atoms with Crippen molar-refractivity contribution in [2.24, 2.45) is 0 Å². The van der Waals surface area contributed by atoms with E-state index in [0.717, 1.165) is 6.54 Å². The van der Waals surface area contributed by atoms with Crippen LogP contribution >= 0.6 is 11.8 Å². The lowest BCUT2D eigenvalue weighted by Crippen LogP contribution is -2.46. The summed E-state index contributed by atoms with van der Waals surface area (Å²) in [5.41, 5.74) is 1.68. The SMILES string of the molecule is CCNC1SC=C(C)N1N(C)C. The molecule has 0 aromatic heterocycles. The van der Waals surface area contributed by atoms with E-state index in [9.17, 15) is 0 Å². The van der Waals surface area contributed by atoms with E-state index in [-0.39, 0.29) is 0 Å². The molecule has 0 aliphatic carbocycles. The van der Waals surface area contributed by atoms with Crippen LogP contribution in [0.5, 0.6) is 0 Å². The van der Waals surface area contributed by atoms with E-state index in [1.165, 1.54) is 5.70 Å². The number of thioether (sulfide) groups is 1. The number of rotatable bonds is 3. The molecule has 0 saturated carbocycles. The second-order valence-electron chi connectivity index (χ2n) is 3.00. The highest BCUT2D eigenvalue weighted by Crippen LogP contribution is 2.28. The minimum Gasteiger partial charge on any atom is -0.288 e. The maximum absolute atomic E-state index is 3.40. The molecule has 0 aromatic rings. The summed E-state index contributed by atoms with van der Waals surface area (Å²) in [6.45, 7) is 5.26. The first-order valence-electron chi connectivity index (χ1n) is 4.19. The molecule has 1 aliphatic rings. The summed E-state index contributed by atoms with van der Waals surface area (Å²) in [5, 5.41) is 9.94. The first kappa shape index (κ1) is 9.89. The predicted molar refractivity (Wildman–Crippen MR) is 54.3 cm³/mol. The highest BCUT2D eigenvalue weighted by molar-refractivity contribution is 8.02. The third-order valence-electron chi connectivity index (χ3n) is 1.76. The second-order valence-corrected chi connectivity index (χ2v) is 3.95. The molecule has 1 N–H and O–H groups in total. The summed E-state index contributed by atoms with van der Waals surface area (Å²) in [6, 6.07) is 0. The van der Waals surface area contributed by atoms with E-state index >= 15 is 0 Å². The molecule has 1 atom stereocenters. The first-order chi connectivity index (χ1) is 5.66. The van der Waals surface area contributed by atoms with Crippen LogP contribution < -0.4 is 5.32 Å². The largest absolute Gasteiger partial charge is 0.288 e. The molecule has 0 radical (unpaired) electrons. The molecular weight excluding hydrogens is 170 g/mol. The first-order valence-corrected chi connectivity index (χ1v) is 5.13. The fraction of sp³-hybridized carbons (Fsp3) is 0.750. The van der Waals surface area contributed by atoms with Crippen LogP contribution in [0.25, 0.3) is 0 Å². The standard InChI is InChI=1S/C8H17N3S/c1-5-9-8-11(10(3)4)7(2)6-12-8/h6,8-9H,5H2,1-4H3. The second kappa shape index (κ2) is 4.16. The van der Waals surface area contributed by atoms with Gasteiger partial charge >= 0.3 is 0 Å². The van der Waals surface area contributed by atoms with Crippen molar-refractivity contribution < 1.29 is 0 Å². The van der Waals surface area contributed by atoms with Crippen LogP contribution in [-0.4, -0.2) is 36.2 Å². The summed E-state index contributed by atoms with van der Waals surface area (Å²) in [5.74, 6) is 0. The van der Waals surface area contributed by atoms with Gasteiger partial charge in [0.25, 0.3) is 0 Å². The normalized spacial score (nSPS) is 23.6. The lowest BCUT2D eigenvalue weighted by molar-refractivity contribution is 0.0469. The van der Waals surface area contributed by atoms with Gasteiger partial charge in [-0.2, -0.15) is 0 Å². The topological polar surface area (TPSA) is 18.5 Å². The molecule has 1 aliphatic heterocycles. The summed E-state index contributed by atoms with van der Waals surface area (Å²) in [6.07, 6.45) is 0. The van der Waals surface area contributed by atoms with Gasteiger partial charge in [-0.25, -0.2) is 5.01 Å². The maximum Gasteiger partial charge on any atom is 0.146 e. The highest BCUT2D eigenvalue weighted by Gasteiger charge is 2.24. The molecule has 0 saturated heterocycles. The Hall–Kier alpha value is -0.190. The van der Waals surface area contributed by atoms with Gasteiger partial charge in [0.2, 0.25) is 0 Å². The number of nitrogens with zero attached hydrogens (tertiary/aromatic N) is 2. The van der Waals surface area contributed by atoms with Gasteiger partial charge in [-0.05, 0) is 18.9 Å². The van der Waals surface area contributed by atoms with Crippen molar-refractivity contribution in [3.05, 3.63) is 11.1 Å². The summed E-state index contributed by atoms with van der Waals surface area (Å²) in [4.78, 5) is 0. The number of allylic oxidation sites excluding steroid dienone is 1. The van der Waals surface area contributed by atoms with E-state index in [2.05, 4.69) is 48.7 Å². The Morgan fingerprint density at radius 2 is 2.33 bits per heavy atom. The minimum atomic E-state index is 0.380. The van der Waals surface area contributed by atoms with Gasteiger partial charge in [0.15, 0.2) is 0 Å². The Bertz CT molecular complexity index is 179. The van der Waals surface area contributed by atoms with Crippen molar-refractivity contribution in [1.29, 1.82) is 0 Å². The molecule has 0 amide bonds. The monoisotopic (exact) mass is 187 g/mol. The van der Waals surface area contributed by atoms with Crippen LogP contribution in [0.15, 0.2) is 11.1 Å². The molecule has 0 spiro atoms. The van der Waals surface area contributed by atoms with E-state index in [1.54, 1.807) is 0 Å². The van der Waals surface area contributed by atoms with Crippen LogP contribution in [-0.2, 0) is 0 Å². The van der Waals surface area contributed by atoms with Crippen LogP contribution in [0.3, 0.4) is 0 Å². The smallest absolute Gasteiger partial charge is 0.146 e. The van der Waals surface area contributed by atoms with Crippen molar-refractivity contribution in [3.63, 3.8) is 0 Å². The average molecular weight is 187 g/mol. The predicted octanol–water partition coefficient (Wildman–Crippen LogP) is 1.27. The molecule has 3 nitrogen and oxygen atoms in total. The molecule has 0 aromatic carbocycles. The number of nitrogens with one attached hydrogen (secondary N) is 1. The van der Waals surface area contributed by atoms with Crippen molar-refractivity contribution in [2.75, 3.05) is 20.6 Å². The summed E-state index contributed by atoms with van der Waals surface area (Å²) < 4.78 is 0. The van der Waals surface area contributed by atoms with E-state index in [1.807, 2.05) is 11.8 Å². The molecule has 12 heavy (non-hydrogen) atoms. The Morgan fingerprint density at radius 3 is 2.83 bits per heavy atom. The van der Waals surface area contributed by atoms with Gasteiger partial charge in [0.05, 0.1) is 0 Å². The molecule has 0 bridgehead atoms. The fourth-order valence-corrected chi connectivity index (χ4v) is 2.46. The highest BCUT2D eigenvalue weighted by atomic mass is 32.2. The third-order valence-corrected chi connectivity index (χ3v) is 2.86. The molecular formula is C8H17N3S. The zero-order valence-electron chi connectivity index (χ0n) is 8.16. The van der Waals surface area contributed by atoms with E-state index < -0.39 is 0 Å². The summed E-state index contributed by atoms with van der Waals surface area (Å²) in [7, 11) is 4.13. The molecule has 1 rings (SSSR count). The lowest BCUT2D eigenvalue weighted by atomic mass is 10.5. The fourth-order valence-electron chi connectivity index (χ4n) is 1.29. The van der Waals surface area contributed by atoms with E-state index in [4.69, 9.17) is 0 Å². The van der Waals surface area contributed by atoms with Crippen molar-refractivity contribution >= 4 is 11.8 Å². The molecule has 1 unspecified atom stereocenters. The molecule has 0 fully saturated rings. The van der Waals surface area contributed by atoms with Gasteiger partial charge in [0, 0.05) is 19.8 Å². The quantitative estimate of drug-likeness (QED) is 0.717. The van der Waals surface area contributed by atoms with Gasteiger partial charge in [-0.1, -0.05) is 18.7 Å². The Labute approximate surface area is 78.8 Å². The Morgan fingerprint density at radius 1 is 1.67 bits per heavy atom. The number of hydrogen-bond donors (Lipinski definition) is 1. The van der Waals surface area contributed by atoms with Gasteiger partial charge < -0.3 is 0 Å². The van der Waals surface area contributed by atoms with Gasteiger partial charge in [0.1, 0.15) is 5.50 Å². The Balaban J connectivity index is 2.57. The van der Waals surface area contributed by atoms with Crippen LogP contribution in [0, 0.1) is 0 Å². The zero-order valence-corrected chi connectivity index (χ0v) is 8.98. The van der Waals surface area contributed by atoms with Crippen LogP contribution in [0.1, 0.15) is 13.8 Å². The van der Waals surface area contributed by atoms with Gasteiger partial charge in [-0.15, -0.1) is 0 Å². The molecule has 4 heteroatoms. The van der Waals surface area contributed by atoms with Gasteiger partial charge in [-0.3, -0.25) is 10.3 Å². The zero-order chi connectivity index (χ0) is 9.14. The number of hydrogen-bond acceptors (Lipinski definition) is 4. The third kappa shape index (κ3) is 1.94. The van der Waals surface area contributed by atoms with Crippen LogP contribution in [0.4, 0.5) is 0 Å². The summed E-state index contributed by atoms with van der Waals surface area (Å²) >= 11 is 1.82. The van der Waals surface area contributed by atoms with Crippen molar-refractivity contribution in [3.8, 4) is 0 Å². The minimum absolute atomic E-state index is 0.380. The molecule has 1 heterocycles. The lowest BCUT2D eigenvalue weighted by Gasteiger charge is -2.33. The van der Waals surface area contributed by atoms with Crippen LogP contribution in [0.2, 0.25) is 0 Å². The van der Waals surface area contributed by atoms with Crippen molar-refractivity contribution in [1.82, 2.24) is 15.3 Å². The van der Waals surface area contributed by atoms with E-state index in [0.29, 0.717) is 5.50 Å². The Kier molecular flexibility index (Phi) is 3.43. The molecule has 70 valence electrons.